The summed E-state index contributed by atoms with van der Waals surface area (Å²) in [6, 6.07) is 23.8. The number of carbonyl (C=O) groups excluding carboxylic acids is 1. The van der Waals surface area contributed by atoms with Crippen molar-refractivity contribution >= 4 is 44.6 Å². The second kappa shape index (κ2) is 10.5. The highest BCUT2D eigenvalue weighted by atomic mass is 32.2. The Morgan fingerprint density at radius 1 is 1.05 bits per heavy atom. The zero-order chi connectivity index (χ0) is 27.0. The minimum atomic E-state index is -4.00. The van der Waals surface area contributed by atoms with Crippen molar-refractivity contribution in [1.82, 2.24) is 9.29 Å². The van der Waals surface area contributed by atoms with E-state index < -0.39 is 16.1 Å². The minimum absolute atomic E-state index is 0.0946. The van der Waals surface area contributed by atoms with Gasteiger partial charge in [0.2, 0.25) is 10.0 Å². The third-order valence-electron chi connectivity index (χ3n) is 7.14. The van der Waals surface area contributed by atoms with Crippen LogP contribution in [0.2, 0.25) is 0 Å². The van der Waals surface area contributed by atoms with E-state index in [2.05, 4.69) is 4.98 Å². The summed E-state index contributed by atoms with van der Waals surface area (Å²) in [7, 11) is -2.31. The zero-order valence-corrected chi connectivity index (χ0v) is 22.9. The molecule has 1 fully saturated rings. The number of ether oxygens (including phenoxy) is 1. The van der Waals surface area contributed by atoms with Gasteiger partial charge in [-0.2, -0.15) is 4.31 Å². The quantitative estimate of drug-likeness (QED) is 0.282. The summed E-state index contributed by atoms with van der Waals surface area (Å²) >= 11 is 1.42. The lowest BCUT2D eigenvalue weighted by Crippen LogP contribution is -2.44. The Balaban J connectivity index is 1.48. The number of aromatic nitrogens is 1. The van der Waals surface area contributed by atoms with E-state index in [0.29, 0.717) is 41.6 Å². The lowest BCUT2D eigenvalue weighted by atomic mass is 9.97. The van der Waals surface area contributed by atoms with Crippen molar-refractivity contribution in [3.05, 3.63) is 112 Å². The molecular formula is C30H27N3O4S2. The summed E-state index contributed by atoms with van der Waals surface area (Å²) in [6.07, 6.45) is 3.41. The van der Waals surface area contributed by atoms with E-state index in [9.17, 15) is 13.2 Å². The van der Waals surface area contributed by atoms with Gasteiger partial charge in [-0.25, -0.2) is 13.4 Å². The van der Waals surface area contributed by atoms with Crippen LogP contribution in [0.5, 0.6) is 0 Å². The Labute approximate surface area is 232 Å². The Morgan fingerprint density at radius 3 is 2.28 bits per heavy atom. The molecule has 2 aliphatic heterocycles. The molecule has 0 bridgehead atoms. The Morgan fingerprint density at radius 2 is 1.72 bits per heavy atom. The number of amides is 1. The molecule has 6 rings (SSSR count). The van der Waals surface area contributed by atoms with Crippen molar-refractivity contribution in [3.63, 3.8) is 0 Å². The van der Waals surface area contributed by atoms with Crippen LogP contribution in [0.3, 0.4) is 0 Å². The maximum absolute atomic E-state index is 14.5. The van der Waals surface area contributed by atoms with Gasteiger partial charge in [-0.3, -0.25) is 4.79 Å². The normalized spacial score (nSPS) is 16.7. The molecule has 2 aliphatic rings. The predicted molar refractivity (Wildman–Crippen MR) is 153 cm³/mol. The maximum Gasteiger partial charge on any atom is 0.258 e. The van der Waals surface area contributed by atoms with Gasteiger partial charge in [-0.05, 0) is 35.4 Å². The third-order valence-corrected chi connectivity index (χ3v) is 9.69. The average Bonchev–Trinajstić information content (AvgIpc) is 3.53. The first-order valence-electron chi connectivity index (χ1n) is 12.7. The van der Waals surface area contributed by atoms with E-state index in [1.54, 1.807) is 46.7 Å². The molecule has 0 spiro atoms. The molecule has 198 valence electrons. The second-order valence-corrected chi connectivity index (χ2v) is 12.5. The fourth-order valence-corrected chi connectivity index (χ4v) is 7.35. The topological polar surface area (TPSA) is 79.8 Å². The van der Waals surface area contributed by atoms with Gasteiger partial charge in [0.25, 0.3) is 5.91 Å². The predicted octanol–water partition coefficient (Wildman–Crippen LogP) is 5.09. The number of nitrogens with zero attached hydrogens (tertiary/aromatic N) is 3. The van der Waals surface area contributed by atoms with Crippen LogP contribution in [0.4, 0.5) is 5.69 Å². The largest absolute Gasteiger partial charge is 0.381 e. The second-order valence-electron chi connectivity index (χ2n) is 9.67. The van der Waals surface area contributed by atoms with Gasteiger partial charge in [0, 0.05) is 36.7 Å². The lowest BCUT2D eigenvalue weighted by molar-refractivity contribution is -0.112. The number of hydrogen-bond acceptors (Lipinski definition) is 6. The zero-order valence-electron chi connectivity index (χ0n) is 21.3. The van der Waals surface area contributed by atoms with Gasteiger partial charge >= 0.3 is 0 Å². The lowest BCUT2D eigenvalue weighted by Gasteiger charge is -2.37. The van der Waals surface area contributed by atoms with Gasteiger partial charge in [0.05, 0.1) is 35.4 Å². The van der Waals surface area contributed by atoms with Crippen LogP contribution in [0.25, 0.3) is 11.6 Å². The van der Waals surface area contributed by atoms with E-state index in [4.69, 9.17) is 4.74 Å². The van der Waals surface area contributed by atoms with E-state index >= 15 is 0 Å². The molecule has 1 aromatic heterocycles. The van der Waals surface area contributed by atoms with Crippen molar-refractivity contribution in [1.29, 1.82) is 0 Å². The first kappa shape index (κ1) is 25.6. The molecule has 7 nitrogen and oxygen atoms in total. The summed E-state index contributed by atoms with van der Waals surface area (Å²) in [5.41, 5.74) is 3.45. The highest BCUT2D eigenvalue weighted by Crippen LogP contribution is 2.41. The van der Waals surface area contributed by atoms with E-state index in [1.165, 1.54) is 11.3 Å². The fourth-order valence-electron chi connectivity index (χ4n) is 5.08. The highest BCUT2D eigenvalue weighted by molar-refractivity contribution is 7.89. The molecule has 0 aliphatic carbocycles. The van der Waals surface area contributed by atoms with E-state index in [-0.39, 0.29) is 16.7 Å². The molecule has 0 atom stereocenters. The van der Waals surface area contributed by atoms with Gasteiger partial charge in [0.1, 0.15) is 5.01 Å². The third kappa shape index (κ3) is 4.83. The van der Waals surface area contributed by atoms with Crippen molar-refractivity contribution in [2.45, 2.75) is 10.9 Å². The molecule has 3 heterocycles. The average molecular weight is 558 g/mol. The van der Waals surface area contributed by atoms with Crippen molar-refractivity contribution in [2.75, 3.05) is 31.7 Å². The van der Waals surface area contributed by atoms with Gasteiger partial charge in [-0.15, -0.1) is 11.3 Å². The van der Waals surface area contributed by atoms with Crippen molar-refractivity contribution in [2.24, 2.45) is 5.92 Å². The summed E-state index contributed by atoms with van der Waals surface area (Å²) in [6.45, 7) is 1.35. The molecular weight excluding hydrogens is 530 g/mol. The molecule has 39 heavy (non-hydrogen) atoms. The standard InChI is InChI=1S/C30H27N3O4S2/c1-32-27-13-12-24(16-25(27)26(30(32)34)17-28-31-14-15-38-28)39(35,36)33(18-21-19-37-20-21)29(22-8-4-2-5-9-22)23-10-6-3-7-11-23/h2-17,21,29H,18-20H2,1H3/b26-17+. The van der Waals surface area contributed by atoms with Crippen LogP contribution in [-0.4, -0.2) is 50.4 Å². The van der Waals surface area contributed by atoms with Crippen molar-refractivity contribution in [3.8, 4) is 0 Å². The number of thiazole rings is 1. The van der Waals surface area contributed by atoms with Crippen LogP contribution in [0.1, 0.15) is 27.7 Å². The van der Waals surface area contributed by atoms with Gasteiger partial charge < -0.3 is 9.64 Å². The summed E-state index contributed by atoms with van der Waals surface area (Å²) in [4.78, 5) is 19.1. The SMILES string of the molecule is CN1C(=O)/C(=C/c2nccs2)c2cc(S(=O)(=O)N(CC3COC3)C(c3ccccc3)c3ccccc3)ccc21. The van der Waals surface area contributed by atoms with Crippen LogP contribution < -0.4 is 4.90 Å². The summed E-state index contributed by atoms with van der Waals surface area (Å²) in [5, 5.41) is 2.53. The first-order valence-corrected chi connectivity index (χ1v) is 15.0. The minimum Gasteiger partial charge on any atom is -0.381 e. The van der Waals surface area contributed by atoms with E-state index in [1.807, 2.05) is 66.0 Å². The van der Waals surface area contributed by atoms with E-state index in [0.717, 1.165) is 11.1 Å². The number of rotatable bonds is 8. The summed E-state index contributed by atoms with van der Waals surface area (Å²) < 4.78 is 36.1. The number of fused-ring (bicyclic) bond motifs is 1. The molecule has 1 saturated heterocycles. The smallest absolute Gasteiger partial charge is 0.258 e. The fraction of sp³-hybridized carbons (Fsp3) is 0.200. The van der Waals surface area contributed by atoms with Gasteiger partial charge in [0.15, 0.2) is 0 Å². The Hall–Kier alpha value is -3.63. The number of carbonyl (C=O) groups is 1. The monoisotopic (exact) mass is 557 g/mol. The molecule has 4 aromatic rings. The van der Waals surface area contributed by atoms with Crippen LogP contribution >= 0.6 is 11.3 Å². The number of sulfonamides is 1. The van der Waals surface area contributed by atoms with Crippen LogP contribution in [-0.2, 0) is 19.6 Å². The molecule has 0 saturated carbocycles. The van der Waals surface area contributed by atoms with Gasteiger partial charge in [-0.1, -0.05) is 60.7 Å². The van der Waals surface area contributed by atoms with Crippen LogP contribution in [0.15, 0.2) is 95.3 Å². The maximum atomic E-state index is 14.5. The molecule has 0 unspecified atom stereocenters. The molecule has 0 N–H and O–H groups in total. The number of hydrogen-bond donors (Lipinski definition) is 0. The Bertz CT molecular complexity index is 1580. The summed E-state index contributed by atoms with van der Waals surface area (Å²) in [5.74, 6) is -0.0955. The highest BCUT2D eigenvalue weighted by Gasteiger charge is 2.38. The first-order chi connectivity index (χ1) is 18.9. The Kier molecular flexibility index (Phi) is 6.90. The molecule has 9 heteroatoms. The number of anilines is 1. The molecule has 0 radical (unpaired) electrons. The number of benzene rings is 3. The van der Waals surface area contributed by atoms with Crippen molar-refractivity contribution < 1.29 is 17.9 Å². The molecule has 3 aromatic carbocycles. The number of likely N-dealkylation sites (N-methyl/N-ethyl adjacent to an activating group) is 1. The molecule has 1 amide bonds. The van der Waals surface area contributed by atoms with Crippen LogP contribution in [0, 0.1) is 5.92 Å².